The van der Waals surface area contributed by atoms with Crippen LogP contribution in [0.5, 0.6) is 0 Å². The minimum absolute atomic E-state index is 0.00381. The van der Waals surface area contributed by atoms with Crippen LogP contribution in [0.4, 0.5) is 5.69 Å². The molecule has 0 aliphatic carbocycles. The summed E-state index contributed by atoms with van der Waals surface area (Å²) in [4.78, 5) is 10.2. The number of nitrogens with one attached hydrogen (secondary N) is 1. The van der Waals surface area contributed by atoms with Crippen molar-refractivity contribution in [3.05, 3.63) is 38.9 Å². The number of rotatable bonds is 5. The highest BCUT2D eigenvalue weighted by molar-refractivity contribution is 6.31. The van der Waals surface area contributed by atoms with Gasteiger partial charge >= 0.3 is 0 Å². The summed E-state index contributed by atoms with van der Waals surface area (Å²) < 4.78 is 5.13. The van der Waals surface area contributed by atoms with E-state index in [0.717, 1.165) is 0 Å². The molecule has 0 spiro atoms. The first-order chi connectivity index (χ1) is 9.00. The number of nitro benzene ring substituents is 1. The van der Waals surface area contributed by atoms with Crippen molar-refractivity contribution < 1.29 is 14.8 Å². The third-order valence-corrected chi connectivity index (χ3v) is 3.46. The van der Waals surface area contributed by atoms with Crippen LogP contribution in [0.25, 0.3) is 0 Å². The van der Waals surface area contributed by atoms with E-state index >= 15 is 0 Å². The van der Waals surface area contributed by atoms with Gasteiger partial charge in [-0.1, -0.05) is 11.6 Å². The van der Waals surface area contributed by atoms with E-state index in [0.29, 0.717) is 43.3 Å². The fourth-order valence-corrected chi connectivity index (χ4v) is 2.16. The van der Waals surface area contributed by atoms with Gasteiger partial charge in [-0.15, -0.1) is 0 Å². The number of hydrogen-bond donors (Lipinski definition) is 2. The minimum Gasteiger partial charge on any atom is -0.386 e. The van der Waals surface area contributed by atoms with Gasteiger partial charge in [-0.25, -0.2) is 0 Å². The zero-order valence-electron chi connectivity index (χ0n) is 10.3. The van der Waals surface area contributed by atoms with Crippen LogP contribution in [-0.2, 0) is 11.3 Å². The Hall–Kier alpha value is -1.21. The number of aliphatic hydroxyl groups is 1. The highest BCUT2D eigenvalue weighted by Crippen LogP contribution is 2.22. The van der Waals surface area contributed by atoms with Crippen LogP contribution in [0.1, 0.15) is 12.0 Å². The maximum atomic E-state index is 10.7. The molecular weight excluding hydrogens is 272 g/mol. The lowest BCUT2D eigenvalue weighted by Crippen LogP contribution is -2.40. The predicted molar refractivity (Wildman–Crippen MR) is 70.2 cm³/mol. The topological polar surface area (TPSA) is 84.6 Å². The SMILES string of the molecule is O=[N+]([O-])c1ccc(Cl)c(CNCC2(O)CCOC2)c1. The summed E-state index contributed by atoms with van der Waals surface area (Å²) >= 11 is 5.98. The normalized spacial score (nSPS) is 22.6. The highest BCUT2D eigenvalue weighted by Gasteiger charge is 2.31. The molecule has 0 radical (unpaired) electrons. The molecule has 19 heavy (non-hydrogen) atoms. The van der Waals surface area contributed by atoms with E-state index in [1.165, 1.54) is 18.2 Å². The lowest BCUT2D eigenvalue weighted by molar-refractivity contribution is -0.384. The maximum Gasteiger partial charge on any atom is 0.269 e. The van der Waals surface area contributed by atoms with Crippen molar-refractivity contribution in [1.29, 1.82) is 0 Å². The molecule has 1 saturated heterocycles. The molecule has 0 amide bonds. The van der Waals surface area contributed by atoms with Crippen molar-refractivity contribution in [1.82, 2.24) is 5.32 Å². The molecule has 7 heteroatoms. The molecule has 104 valence electrons. The molecule has 0 bridgehead atoms. The fourth-order valence-electron chi connectivity index (χ4n) is 1.98. The molecule has 0 saturated carbocycles. The fraction of sp³-hybridized carbons (Fsp3) is 0.500. The summed E-state index contributed by atoms with van der Waals surface area (Å²) in [7, 11) is 0. The minimum atomic E-state index is -0.854. The van der Waals surface area contributed by atoms with Crippen LogP contribution in [0.15, 0.2) is 18.2 Å². The van der Waals surface area contributed by atoms with E-state index in [1.54, 1.807) is 0 Å². The van der Waals surface area contributed by atoms with Gasteiger partial charge in [0.25, 0.3) is 5.69 Å². The summed E-state index contributed by atoms with van der Waals surface area (Å²) in [5, 5.41) is 24.3. The second-order valence-electron chi connectivity index (χ2n) is 4.66. The van der Waals surface area contributed by atoms with Gasteiger partial charge in [-0.2, -0.15) is 0 Å². The lowest BCUT2D eigenvalue weighted by atomic mass is 10.0. The van der Waals surface area contributed by atoms with Crippen LogP contribution >= 0.6 is 11.6 Å². The Balaban J connectivity index is 1.95. The molecule has 1 aromatic rings. The van der Waals surface area contributed by atoms with Gasteiger partial charge in [0, 0.05) is 43.3 Å². The molecule has 2 rings (SSSR count). The van der Waals surface area contributed by atoms with Crippen LogP contribution in [0.2, 0.25) is 5.02 Å². The number of nitro groups is 1. The Labute approximate surface area is 115 Å². The largest absolute Gasteiger partial charge is 0.386 e. The lowest BCUT2D eigenvalue weighted by Gasteiger charge is -2.20. The van der Waals surface area contributed by atoms with Crippen molar-refractivity contribution in [2.75, 3.05) is 19.8 Å². The van der Waals surface area contributed by atoms with Gasteiger partial charge in [-0.3, -0.25) is 10.1 Å². The van der Waals surface area contributed by atoms with E-state index in [-0.39, 0.29) is 5.69 Å². The number of halogens is 1. The quantitative estimate of drug-likeness (QED) is 0.633. The van der Waals surface area contributed by atoms with E-state index < -0.39 is 10.5 Å². The first-order valence-corrected chi connectivity index (χ1v) is 6.32. The maximum absolute atomic E-state index is 10.7. The second-order valence-corrected chi connectivity index (χ2v) is 5.07. The van der Waals surface area contributed by atoms with Gasteiger partial charge in [0.1, 0.15) is 5.60 Å². The summed E-state index contributed by atoms with van der Waals surface area (Å²) in [6, 6.07) is 4.30. The Morgan fingerprint density at radius 2 is 2.37 bits per heavy atom. The Bertz CT molecular complexity index is 475. The first kappa shape index (κ1) is 14.2. The van der Waals surface area contributed by atoms with Crippen molar-refractivity contribution in [3.8, 4) is 0 Å². The number of non-ortho nitro benzene ring substituents is 1. The smallest absolute Gasteiger partial charge is 0.269 e. The zero-order valence-corrected chi connectivity index (χ0v) is 11.0. The highest BCUT2D eigenvalue weighted by atomic mass is 35.5. The second kappa shape index (κ2) is 5.83. The zero-order chi connectivity index (χ0) is 13.9. The van der Waals surface area contributed by atoms with Crippen molar-refractivity contribution in [2.24, 2.45) is 0 Å². The Morgan fingerprint density at radius 3 is 3.00 bits per heavy atom. The predicted octanol–water partition coefficient (Wildman–Crippen LogP) is 1.49. The molecule has 1 atom stereocenters. The summed E-state index contributed by atoms with van der Waals surface area (Å²) in [5.41, 5.74) is -0.213. The molecule has 2 N–H and O–H groups in total. The average molecular weight is 287 g/mol. The van der Waals surface area contributed by atoms with E-state index in [1.807, 2.05) is 0 Å². The third kappa shape index (κ3) is 3.63. The number of benzene rings is 1. The summed E-state index contributed by atoms with van der Waals surface area (Å²) in [6.07, 6.45) is 0.586. The van der Waals surface area contributed by atoms with Crippen LogP contribution < -0.4 is 5.32 Å². The summed E-state index contributed by atoms with van der Waals surface area (Å²) in [6.45, 7) is 1.59. The number of ether oxygens (including phenoxy) is 1. The van der Waals surface area contributed by atoms with Crippen molar-refractivity contribution in [3.63, 3.8) is 0 Å². The number of nitrogens with zero attached hydrogens (tertiary/aromatic N) is 1. The Kier molecular flexibility index (Phi) is 4.36. The molecular formula is C12H15ClN2O4. The van der Waals surface area contributed by atoms with Gasteiger partial charge in [0.05, 0.1) is 11.5 Å². The van der Waals surface area contributed by atoms with E-state index in [4.69, 9.17) is 16.3 Å². The van der Waals surface area contributed by atoms with Crippen LogP contribution in [0, 0.1) is 10.1 Å². The monoisotopic (exact) mass is 286 g/mol. The molecule has 0 aromatic heterocycles. The van der Waals surface area contributed by atoms with Crippen molar-refractivity contribution >= 4 is 17.3 Å². The standard InChI is InChI=1S/C12H15ClN2O4/c13-11-2-1-10(15(17)18)5-9(11)6-14-7-12(16)3-4-19-8-12/h1-2,5,14,16H,3-4,6-8H2. The van der Waals surface area contributed by atoms with Gasteiger partial charge in [0.15, 0.2) is 0 Å². The average Bonchev–Trinajstić information content (AvgIpc) is 2.78. The molecule has 1 aromatic carbocycles. The molecule has 1 unspecified atom stereocenters. The Morgan fingerprint density at radius 1 is 1.58 bits per heavy atom. The van der Waals surface area contributed by atoms with Crippen LogP contribution in [0.3, 0.4) is 0 Å². The number of hydrogen-bond acceptors (Lipinski definition) is 5. The van der Waals surface area contributed by atoms with Gasteiger partial charge < -0.3 is 15.2 Å². The molecule has 1 aliphatic heterocycles. The molecule has 1 aliphatic rings. The van der Waals surface area contributed by atoms with E-state index in [2.05, 4.69) is 5.32 Å². The van der Waals surface area contributed by atoms with Gasteiger partial charge in [-0.05, 0) is 11.6 Å². The molecule has 1 heterocycles. The van der Waals surface area contributed by atoms with Gasteiger partial charge in [0.2, 0.25) is 0 Å². The summed E-state index contributed by atoms with van der Waals surface area (Å²) in [5.74, 6) is 0. The molecule has 6 nitrogen and oxygen atoms in total. The van der Waals surface area contributed by atoms with Crippen LogP contribution in [-0.4, -0.2) is 35.4 Å². The van der Waals surface area contributed by atoms with Crippen molar-refractivity contribution in [2.45, 2.75) is 18.6 Å². The molecule has 1 fully saturated rings. The first-order valence-electron chi connectivity index (χ1n) is 5.94. The third-order valence-electron chi connectivity index (χ3n) is 3.09. The van der Waals surface area contributed by atoms with E-state index in [9.17, 15) is 15.2 Å².